The topological polar surface area (TPSA) is 0 Å². The zero-order valence-corrected chi connectivity index (χ0v) is 16.2. The normalized spacial score (nSPS) is 11.4. The fourth-order valence-corrected chi connectivity index (χ4v) is 14.4. The Balaban J connectivity index is 2.27. The van der Waals surface area contributed by atoms with Crippen molar-refractivity contribution in [2.75, 3.05) is 0 Å². The van der Waals surface area contributed by atoms with Gasteiger partial charge < -0.3 is 0 Å². The van der Waals surface area contributed by atoms with Crippen LogP contribution >= 0.6 is 4.20 Å². The first-order valence-corrected chi connectivity index (χ1v) is 14.6. The van der Waals surface area contributed by atoms with Gasteiger partial charge >= 0.3 is 137 Å². The molecule has 0 nitrogen and oxygen atoms in total. The van der Waals surface area contributed by atoms with Crippen molar-refractivity contribution in [2.24, 2.45) is 0 Å². The second-order valence-electron chi connectivity index (χ2n) is 4.76. The Morgan fingerprint density at radius 3 is 1.80 bits per heavy atom. The van der Waals surface area contributed by atoms with E-state index in [0.717, 1.165) is 0 Å². The number of rotatable bonds is 7. The van der Waals surface area contributed by atoms with Crippen LogP contribution in [-0.4, -0.2) is 29.6 Å². The van der Waals surface area contributed by atoms with Crippen LogP contribution in [0.2, 0.25) is 5.32 Å². The van der Waals surface area contributed by atoms with Gasteiger partial charge in [0.05, 0.1) is 0 Å². The summed E-state index contributed by atoms with van der Waals surface area (Å²) in [6, 6.07) is 22.1. The van der Waals surface area contributed by atoms with E-state index in [4.69, 9.17) is 0 Å². The van der Waals surface area contributed by atoms with Gasteiger partial charge in [0.15, 0.2) is 0 Å². The third-order valence-electron chi connectivity index (χ3n) is 3.21. The van der Waals surface area contributed by atoms with E-state index in [1.807, 2.05) is 0 Å². The van der Waals surface area contributed by atoms with E-state index in [9.17, 15) is 0 Å². The van der Waals surface area contributed by atoms with Gasteiger partial charge in [0, 0.05) is 0 Å². The molecule has 0 amide bonds. The molecule has 0 aromatic heterocycles. The van der Waals surface area contributed by atoms with E-state index in [1.165, 1.54) is 35.2 Å². The number of benzene rings is 2. The molecule has 106 valence electrons. The van der Waals surface area contributed by atoms with Gasteiger partial charge in [-0.25, -0.2) is 0 Å². The predicted molar refractivity (Wildman–Crippen MR) is 94.9 cm³/mol. The van der Waals surface area contributed by atoms with Crippen molar-refractivity contribution in [3.8, 4) is 0 Å². The van der Waals surface area contributed by atoms with E-state index >= 15 is 0 Å². The molecule has 0 heterocycles. The fourth-order valence-electron chi connectivity index (χ4n) is 2.09. The Kier molecular flexibility index (Phi) is 6.82. The van der Waals surface area contributed by atoms with Gasteiger partial charge in [0.25, 0.3) is 0 Å². The van der Waals surface area contributed by atoms with Crippen LogP contribution in [0.5, 0.6) is 0 Å². The minimum atomic E-state index is -1.28. The molecule has 0 N–H and O–H groups in total. The number of hydrogen-bond acceptors (Lipinski definition) is 0. The molecule has 0 saturated heterocycles. The van der Waals surface area contributed by atoms with Gasteiger partial charge in [-0.05, 0) is 0 Å². The van der Waals surface area contributed by atoms with Gasteiger partial charge in [-0.15, -0.1) is 0 Å². The average Bonchev–Trinajstić information content (AvgIpc) is 2.53. The fraction of sp³-hybridized carbons (Fsp3) is 0.294. The zero-order chi connectivity index (χ0) is 14.3. The summed E-state index contributed by atoms with van der Waals surface area (Å²) in [5.41, 5.74) is 0. The summed E-state index contributed by atoms with van der Waals surface area (Å²) in [4.78, 5) is 0. The molecule has 2 aromatic rings. The Labute approximate surface area is 136 Å². The second-order valence-corrected chi connectivity index (χ2v) is 20.0. The Morgan fingerprint density at radius 1 is 0.850 bits per heavy atom. The monoisotopic (exact) mass is 416 g/mol. The standard InChI is InChI=1S/C17H21PSe2/c1-2-3-10-15-20-18(19,16-11-6-4-7-12-16)17-13-8-5-9-14-17/h4-9,11-14H,2-3,10,15H2,1H3. The first kappa shape index (κ1) is 16.3. The van der Waals surface area contributed by atoms with Crippen LogP contribution in [0.25, 0.3) is 0 Å². The quantitative estimate of drug-likeness (QED) is 0.366. The molecule has 2 rings (SSSR count). The van der Waals surface area contributed by atoms with Crippen LogP contribution < -0.4 is 10.6 Å². The summed E-state index contributed by atoms with van der Waals surface area (Å²) in [6.45, 7) is 2.28. The minimum absolute atomic E-state index is 0.644. The molecule has 0 saturated carbocycles. The van der Waals surface area contributed by atoms with E-state index in [0.29, 0.717) is 14.5 Å². The SMILES string of the molecule is CCCCC[Se]P(=[Se])(c1ccccc1)c1ccccc1. The van der Waals surface area contributed by atoms with Crippen molar-refractivity contribution >= 4 is 44.4 Å². The third-order valence-corrected chi connectivity index (χ3v) is 18.5. The van der Waals surface area contributed by atoms with Crippen molar-refractivity contribution in [2.45, 2.75) is 31.5 Å². The Hall–Kier alpha value is -0.0910. The molecule has 0 fully saturated rings. The van der Waals surface area contributed by atoms with Crippen molar-refractivity contribution < 1.29 is 0 Å². The van der Waals surface area contributed by atoms with Gasteiger partial charge in [0.1, 0.15) is 0 Å². The maximum atomic E-state index is 3.64. The van der Waals surface area contributed by atoms with Crippen LogP contribution in [0, 0.1) is 0 Å². The first-order chi connectivity index (χ1) is 9.77. The summed E-state index contributed by atoms with van der Waals surface area (Å²) >= 11 is 4.28. The van der Waals surface area contributed by atoms with Gasteiger partial charge in [-0.3, -0.25) is 0 Å². The molecule has 20 heavy (non-hydrogen) atoms. The summed E-state index contributed by atoms with van der Waals surface area (Å²) < 4.78 is -1.28. The van der Waals surface area contributed by atoms with E-state index in [1.54, 1.807) is 0 Å². The van der Waals surface area contributed by atoms with Crippen LogP contribution in [0.4, 0.5) is 0 Å². The van der Waals surface area contributed by atoms with E-state index in [2.05, 4.69) is 82.7 Å². The summed E-state index contributed by atoms with van der Waals surface area (Å²) in [5.74, 6) is 0. The predicted octanol–water partition coefficient (Wildman–Crippen LogP) is 3.97. The molecular weight excluding hydrogens is 393 g/mol. The molecule has 3 heteroatoms. The Bertz CT molecular complexity index is 508. The second kappa shape index (κ2) is 8.38. The van der Waals surface area contributed by atoms with Crippen LogP contribution in [0.15, 0.2) is 60.7 Å². The van der Waals surface area contributed by atoms with Crippen LogP contribution in [-0.2, 0) is 0 Å². The molecule has 0 aliphatic heterocycles. The van der Waals surface area contributed by atoms with Crippen LogP contribution in [0.3, 0.4) is 0 Å². The average molecular weight is 414 g/mol. The van der Waals surface area contributed by atoms with Crippen molar-refractivity contribution in [1.82, 2.24) is 0 Å². The molecule has 0 bridgehead atoms. The molecule has 0 aliphatic rings. The number of unbranched alkanes of at least 4 members (excludes halogenated alkanes) is 2. The number of hydrogen-bond donors (Lipinski definition) is 0. The molecule has 0 spiro atoms. The maximum absolute atomic E-state index is 3.64. The first-order valence-electron chi connectivity index (χ1n) is 7.13. The van der Waals surface area contributed by atoms with Crippen molar-refractivity contribution in [3.05, 3.63) is 60.7 Å². The molecule has 0 unspecified atom stereocenters. The van der Waals surface area contributed by atoms with Gasteiger partial charge in [0.2, 0.25) is 0 Å². The van der Waals surface area contributed by atoms with Gasteiger partial charge in [-0.1, -0.05) is 0 Å². The molecule has 0 radical (unpaired) electrons. The molecule has 0 aliphatic carbocycles. The van der Waals surface area contributed by atoms with E-state index in [-0.39, 0.29) is 0 Å². The third kappa shape index (κ3) is 4.20. The summed E-state index contributed by atoms with van der Waals surface area (Å²) in [6.07, 6.45) is 4.05. The van der Waals surface area contributed by atoms with Crippen molar-refractivity contribution in [3.63, 3.8) is 0 Å². The van der Waals surface area contributed by atoms with Gasteiger partial charge in [-0.2, -0.15) is 0 Å². The Morgan fingerprint density at radius 2 is 1.35 bits per heavy atom. The summed E-state index contributed by atoms with van der Waals surface area (Å²) in [5, 5.41) is 4.41. The van der Waals surface area contributed by atoms with Crippen LogP contribution in [0.1, 0.15) is 26.2 Å². The molecule has 0 atom stereocenters. The molecular formula is C17H21PSe2. The van der Waals surface area contributed by atoms with Crippen molar-refractivity contribution in [1.29, 1.82) is 0 Å². The van der Waals surface area contributed by atoms with E-state index < -0.39 is 4.20 Å². The molecule has 2 aromatic carbocycles. The summed E-state index contributed by atoms with van der Waals surface area (Å²) in [7, 11) is 0. The zero-order valence-electron chi connectivity index (χ0n) is 11.9.